The van der Waals surface area contributed by atoms with Crippen molar-refractivity contribution in [3.63, 3.8) is 0 Å². The Hall–Kier alpha value is -2.01. The second-order valence-electron chi connectivity index (χ2n) is 7.52. The van der Waals surface area contributed by atoms with Crippen LogP contribution < -0.4 is 4.90 Å². The molecule has 1 aliphatic carbocycles. The van der Waals surface area contributed by atoms with E-state index in [-0.39, 0.29) is 0 Å². The number of likely N-dealkylation sites (tertiary alicyclic amines) is 1. The van der Waals surface area contributed by atoms with Crippen molar-refractivity contribution in [2.24, 2.45) is 0 Å². The summed E-state index contributed by atoms with van der Waals surface area (Å²) in [5.74, 6) is 2.07. The quantitative estimate of drug-likeness (QED) is 0.863. The fourth-order valence-corrected chi connectivity index (χ4v) is 4.64. The second kappa shape index (κ2) is 6.37. The molecule has 130 valence electrons. The molecule has 25 heavy (non-hydrogen) atoms. The van der Waals surface area contributed by atoms with Crippen LogP contribution in [-0.4, -0.2) is 52.1 Å². The zero-order valence-corrected chi connectivity index (χ0v) is 14.7. The summed E-state index contributed by atoms with van der Waals surface area (Å²) in [4.78, 5) is 19.2. The molecule has 0 N–H and O–H groups in total. The molecule has 5 heteroatoms. The third-order valence-electron chi connectivity index (χ3n) is 5.97. The SMILES string of the molecule is c1cc(-c2nc3c(c(N4CC[C@H](N5CCCC5)C4)n2)CCC3)ccn1. The van der Waals surface area contributed by atoms with Crippen LogP contribution in [0.3, 0.4) is 0 Å². The molecule has 2 aliphatic heterocycles. The molecular formula is C20H25N5. The van der Waals surface area contributed by atoms with E-state index in [1.807, 2.05) is 24.5 Å². The smallest absolute Gasteiger partial charge is 0.161 e. The van der Waals surface area contributed by atoms with Crippen LogP contribution in [0, 0.1) is 0 Å². The lowest BCUT2D eigenvalue weighted by atomic mass is 10.2. The van der Waals surface area contributed by atoms with E-state index in [4.69, 9.17) is 9.97 Å². The van der Waals surface area contributed by atoms with Gasteiger partial charge in [0, 0.05) is 48.3 Å². The average Bonchev–Trinajstić information content (AvgIpc) is 3.41. The van der Waals surface area contributed by atoms with E-state index in [9.17, 15) is 0 Å². The molecule has 2 fully saturated rings. The number of fused-ring (bicyclic) bond motifs is 1. The van der Waals surface area contributed by atoms with E-state index >= 15 is 0 Å². The Labute approximate surface area is 149 Å². The fourth-order valence-electron chi connectivity index (χ4n) is 4.64. The van der Waals surface area contributed by atoms with Crippen LogP contribution in [0.1, 0.15) is 36.9 Å². The first-order valence-electron chi connectivity index (χ1n) is 9.68. The molecule has 5 rings (SSSR count). The van der Waals surface area contributed by atoms with Crippen LogP contribution >= 0.6 is 0 Å². The molecule has 0 radical (unpaired) electrons. The summed E-state index contributed by atoms with van der Waals surface area (Å²) < 4.78 is 0. The molecule has 2 aromatic rings. The van der Waals surface area contributed by atoms with Gasteiger partial charge < -0.3 is 4.90 Å². The summed E-state index contributed by atoms with van der Waals surface area (Å²) in [6.45, 7) is 4.81. The maximum Gasteiger partial charge on any atom is 0.161 e. The number of aryl methyl sites for hydroxylation is 1. The molecule has 4 heterocycles. The summed E-state index contributed by atoms with van der Waals surface area (Å²) in [7, 11) is 0. The molecule has 2 saturated heterocycles. The van der Waals surface area contributed by atoms with Gasteiger partial charge in [0.25, 0.3) is 0 Å². The molecule has 3 aliphatic rings. The minimum Gasteiger partial charge on any atom is -0.355 e. The van der Waals surface area contributed by atoms with Crippen molar-refractivity contribution in [3.8, 4) is 11.4 Å². The van der Waals surface area contributed by atoms with Gasteiger partial charge in [0.15, 0.2) is 5.82 Å². The average molecular weight is 335 g/mol. The molecule has 5 nitrogen and oxygen atoms in total. The van der Waals surface area contributed by atoms with Crippen molar-refractivity contribution in [3.05, 3.63) is 35.8 Å². The van der Waals surface area contributed by atoms with Crippen molar-refractivity contribution < 1.29 is 0 Å². The first-order chi connectivity index (χ1) is 12.4. The highest BCUT2D eigenvalue weighted by atomic mass is 15.3. The van der Waals surface area contributed by atoms with E-state index in [0.717, 1.165) is 37.3 Å². The molecule has 0 amide bonds. The standard InChI is InChI=1S/C20H25N5/c1-2-12-24(11-1)16-8-13-25(14-16)20-17-4-3-5-18(17)22-19(23-20)15-6-9-21-10-7-15/h6-7,9-10,16H,1-5,8,11-14H2/t16-/m0/s1. The Morgan fingerprint density at radius 3 is 2.60 bits per heavy atom. The highest BCUT2D eigenvalue weighted by Crippen LogP contribution is 2.34. The lowest BCUT2D eigenvalue weighted by molar-refractivity contribution is 0.260. The van der Waals surface area contributed by atoms with Crippen LogP contribution in [0.2, 0.25) is 0 Å². The highest BCUT2D eigenvalue weighted by Gasteiger charge is 2.32. The van der Waals surface area contributed by atoms with Gasteiger partial charge in [-0.05, 0) is 63.7 Å². The molecule has 1 atom stereocenters. The van der Waals surface area contributed by atoms with E-state index in [1.165, 1.54) is 55.8 Å². The van der Waals surface area contributed by atoms with Gasteiger partial charge in [-0.15, -0.1) is 0 Å². The fraction of sp³-hybridized carbons (Fsp3) is 0.550. The Morgan fingerprint density at radius 1 is 0.920 bits per heavy atom. The zero-order chi connectivity index (χ0) is 16.6. The molecule has 0 saturated carbocycles. The van der Waals surface area contributed by atoms with Crippen molar-refractivity contribution in [2.45, 2.75) is 44.6 Å². The Bertz CT molecular complexity index is 754. The van der Waals surface area contributed by atoms with Gasteiger partial charge in [0.2, 0.25) is 0 Å². The number of pyridine rings is 1. The number of anilines is 1. The Morgan fingerprint density at radius 2 is 1.76 bits per heavy atom. The van der Waals surface area contributed by atoms with Crippen LogP contribution in [0.4, 0.5) is 5.82 Å². The number of rotatable bonds is 3. The normalized spacial score (nSPS) is 23.4. The second-order valence-corrected chi connectivity index (χ2v) is 7.52. The number of hydrogen-bond donors (Lipinski definition) is 0. The third kappa shape index (κ3) is 2.80. The zero-order valence-electron chi connectivity index (χ0n) is 14.7. The van der Waals surface area contributed by atoms with Crippen LogP contribution in [0.5, 0.6) is 0 Å². The number of aromatic nitrogens is 3. The summed E-state index contributed by atoms with van der Waals surface area (Å²) in [5.41, 5.74) is 3.74. The third-order valence-corrected chi connectivity index (χ3v) is 5.97. The number of nitrogens with zero attached hydrogens (tertiary/aromatic N) is 5. The highest BCUT2D eigenvalue weighted by molar-refractivity contribution is 5.61. The van der Waals surface area contributed by atoms with E-state index in [1.54, 1.807) is 0 Å². The lowest BCUT2D eigenvalue weighted by Crippen LogP contribution is -2.35. The minimum atomic E-state index is 0.707. The van der Waals surface area contributed by atoms with Crippen LogP contribution in [-0.2, 0) is 12.8 Å². The van der Waals surface area contributed by atoms with Crippen molar-refractivity contribution in [1.82, 2.24) is 19.9 Å². The van der Waals surface area contributed by atoms with Crippen molar-refractivity contribution >= 4 is 5.82 Å². The minimum absolute atomic E-state index is 0.707. The maximum absolute atomic E-state index is 5.03. The summed E-state index contributed by atoms with van der Waals surface area (Å²) in [5, 5.41) is 0. The Balaban J connectivity index is 1.47. The molecular weight excluding hydrogens is 310 g/mol. The lowest BCUT2D eigenvalue weighted by Gasteiger charge is -2.25. The van der Waals surface area contributed by atoms with Gasteiger partial charge in [-0.3, -0.25) is 9.88 Å². The largest absolute Gasteiger partial charge is 0.355 e. The maximum atomic E-state index is 5.03. The topological polar surface area (TPSA) is 45.2 Å². The molecule has 0 aromatic carbocycles. The summed E-state index contributed by atoms with van der Waals surface area (Å²) in [6, 6.07) is 4.73. The first-order valence-corrected chi connectivity index (χ1v) is 9.68. The summed E-state index contributed by atoms with van der Waals surface area (Å²) >= 11 is 0. The Kier molecular flexibility index (Phi) is 3.89. The number of hydrogen-bond acceptors (Lipinski definition) is 5. The van der Waals surface area contributed by atoms with E-state index < -0.39 is 0 Å². The predicted molar refractivity (Wildman–Crippen MR) is 98.7 cm³/mol. The van der Waals surface area contributed by atoms with Gasteiger partial charge in [-0.25, -0.2) is 9.97 Å². The molecule has 0 unspecified atom stereocenters. The summed E-state index contributed by atoms with van der Waals surface area (Å²) in [6.07, 6.45) is 11.1. The van der Waals surface area contributed by atoms with Gasteiger partial charge in [-0.2, -0.15) is 0 Å². The van der Waals surface area contributed by atoms with E-state index in [0.29, 0.717) is 6.04 Å². The van der Waals surface area contributed by atoms with Gasteiger partial charge in [0.05, 0.1) is 0 Å². The van der Waals surface area contributed by atoms with Gasteiger partial charge in [0.1, 0.15) is 5.82 Å². The van der Waals surface area contributed by atoms with Gasteiger partial charge >= 0.3 is 0 Å². The van der Waals surface area contributed by atoms with Crippen molar-refractivity contribution in [1.29, 1.82) is 0 Å². The van der Waals surface area contributed by atoms with Crippen molar-refractivity contribution in [2.75, 3.05) is 31.1 Å². The molecule has 0 bridgehead atoms. The van der Waals surface area contributed by atoms with Gasteiger partial charge in [-0.1, -0.05) is 0 Å². The monoisotopic (exact) mass is 335 g/mol. The van der Waals surface area contributed by atoms with Crippen LogP contribution in [0.15, 0.2) is 24.5 Å². The van der Waals surface area contributed by atoms with Crippen LogP contribution in [0.25, 0.3) is 11.4 Å². The first kappa shape index (κ1) is 15.3. The van der Waals surface area contributed by atoms with E-state index in [2.05, 4.69) is 14.8 Å². The predicted octanol–water partition coefficient (Wildman–Crippen LogP) is 2.70. The molecule has 2 aromatic heterocycles. The molecule has 0 spiro atoms.